The SMILES string of the molecule is FC(F)(F)c1nc(C2=NN(c3ccccc3)C(c3ccc(Cl)cc3)C2)no1. The van der Waals surface area contributed by atoms with E-state index in [1.54, 1.807) is 17.1 Å². The van der Waals surface area contributed by atoms with Gasteiger partial charge in [0.25, 0.3) is 0 Å². The van der Waals surface area contributed by atoms with E-state index in [-0.39, 0.29) is 11.9 Å². The molecular weight excluding hydrogens is 381 g/mol. The van der Waals surface area contributed by atoms with E-state index in [0.29, 0.717) is 17.2 Å². The number of aromatic nitrogens is 2. The summed E-state index contributed by atoms with van der Waals surface area (Å²) in [5, 5.41) is 10.3. The Bertz CT molecular complexity index is 970. The summed E-state index contributed by atoms with van der Waals surface area (Å²) in [4.78, 5) is 3.45. The van der Waals surface area contributed by atoms with E-state index in [0.717, 1.165) is 11.3 Å². The quantitative estimate of drug-likeness (QED) is 0.622. The van der Waals surface area contributed by atoms with Crippen LogP contribution in [0.1, 0.15) is 29.7 Å². The molecule has 0 saturated heterocycles. The van der Waals surface area contributed by atoms with Crippen molar-refractivity contribution in [2.24, 2.45) is 5.10 Å². The fraction of sp³-hybridized carbons (Fsp3) is 0.167. The third-order valence-electron chi connectivity index (χ3n) is 4.11. The second kappa shape index (κ2) is 6.70. The standard InChI is InChI=1S/C18H12ClF3N4O/c19-12-8-6-11(7-9-12)15-10-14(16-23-17(27-25-16)18(20,21)22)24-26(15)13-4-2-1-3-5-13/h1-9,15H,10H2. The summed E-state index contributed by atoms with van der Waals surface area (Å²) < 4.78 is 42.6. The van der Waals surface area contributed by atoms with Crippen molar-refractivity contribution >= 4 is 23.0 Å². The highest BCUT2D eigenvalue weighted by Crippen LogP contribution is 2.37. The van der Waals surface area contributed by atoms with Crippen LogP contribution in [0.3, 0.4) is 0 Å². The fourth-order valence-corrected chi connectivity index (χ4v) is 2.99. The molecule has 1 aliphatic heterocycles. The Hall–Kier alpha value is -2.87. The van der Waals surface area contributed by atoms with Gasteiger partial charge >= 0.3 is 12.1 Å². The summed E-state index contributed by atoms with van der Waals surface area (Å²) >= 11 is 5.96. The van der Waals surface area contributed by atoms with Crippen molar-refractivity contribution < 1.29 is 17.7 Å². The van der Waals surface area contributed by atoms with Gasteiger partial charge in [0.1, 0.15) is 5.71 Å². The third-order valence-corrected chi connectivity index (χ3v) is 4.36. The van der Waals surface area contributed by atoms with E-state index in [1.807, 2.05) is 42.5 Å². The predicted octanol–water partition coefficient (Wildman–Crippen LogP) is 5.10. The topological polar surface area (TPSA) is 54.5 Å². The van der Waals surface area contributed by atoms with E-state index < -0.39 is 12.1 Å². The number of rotatable bonds is 3. The molecule has 1 atom stereocenters. The fourth-order valence-electron chi connectivity index (χ4n) is 2.86. The van der Waals surface area contributed by atoms with Crippen molar-refractivity contribution in [2.45, 2.75) is 18.6 Å². The molecule has 4 rings (SSSR count). The highest BCUT2D eigenvalue weighted by atomic mass is 35.5. The van der Waals surface area contributed by atoms with Crippen molar-refractivity contribution in [3.05, 3.63) is 76.9 Å². The molecule has 1 aliphatic rings. The van der Waals surface area contributed by atoms with Crippen LogP contribution in [-0.2, 0) is 6.18 Å². The van der Waals surface area contributed by atoms with Gasteiger partial charge in [-0.1, -0.05) is 47.1 Å². The first kappa shape index (κ1) is 17.5. The Kier molecular flexibility index (Phi) is 4.35. The first-order valence-corrected chi connectivity index (χ1v) is 8.38. The number of alkyl halides is 3. The Morgan fingerprint density at radius 2 is 1.74 bits per heavy atom. The number of para-hydroxylation sites is 1. The average Bonchev–Trinajstić information content (AvgIpc) is 3.30. The largest absolute Gasteiger partial charge is 0.471 e. The molecule has 9 heteroatoms. The van der Waals surface area contributed by atoms with Crippen LogP contribution < -0.4 is 5.01 Å². The van der Waals surface area contributed by atoms with Crippen LogP contribution in [0.4, 0.5) is 18.9 Å². The molecule has 0 saturated carbocycles. The molecule has 2 aromatic carbocycles. The van der Waals surface area contributed by atoms with Crippen LogP contribution >= 0.6 is 11.6 Å². The molecule has 1 aromatic heterocycles. The first-order valence-electron chi connectivity index (χ1n) is 8.00. The van der Waals surface area contributed by atoms with E-state index in [4.69, 9.17) is 11.6 Å². The van der Waals surface area contributed by atoms with Gasteiger partial charge < -0.3 is 4.52 Å². The van der Waals surface area contributed by atoms with Crippen molar-refractivity contribution in [1.82, 2.24) is 10.1 Å². The Morgan fingerprint density at radius 3 is 2.37 bits per heavy atom. The molecular formula is C18H12ClF3N4O. The molecule has 0 amide bonds. The van der Waals surface area contributed by atoms with Gasteiger partial charge in [-0.25, -0.2) is 0 Å². The zero-order chi connectivity index (χ0) is 19.0. The lowest BCUT2D eigenvalue weighted by atomic mass is 10.0. The molecule has 138 valence electrons. The molecule has 0 aliphatic carbocycles. The van der Waals surface area contributed by atoms with Gasteiger partial charge in [0.05, 0.1) is 11.7 Å². The Morgan fingerprint density at radius 1 is 1.04 bits per heavy atom. The summed E-state index contributed by atoms with van der Waals surface area (Å²) in [7, 11) is 0. The van der Waals surface area contributed by atoms with Gasteiger partial charge in [0.15, 0.2) is 0 Å². The maximum absolute atomic E-state index is 12.8. The molecule has 2 heterocycles. The minimum Gasteiger partial charge on any atom is -0.329 e. The number of hydrazone groups is 1. The number of hydrogen-bond donors (Lipinski definition) is 0. The van der Waals surface area contributed by atoms with E-state index in [1.165, 1.54) is 0 Å². The predicted molar refractivity (Wildman–Crippen MR) is 93.6 cm³/mol. The van der Waals surface area contributed by atoms with Gasteiger partial charge in [-0.15, -0.1) is 0 Å². The van der Waals surface area contributed by atoms with Gasteiger partial charge in [-0.3, -0.25) is 5.01 Å². The molecule has 0 spiro atoms. The highest BCUT2D eigenvalue weighted by molar-refractivity contribution is 6.30. The molecule has 27 heavy (non-hydrogen) atoms. The molecule has 0 radical (unpaired) electrons. The van der Waals surface area contributed by atoms with Crippen LogP contribution in [0.2, 0.25) is 5.02 Å². The number of benzene rings is 2. The Labute approximate surface area is 157 Å². The smallest absolute Gasteiger partial charge is 0.329 e. The Balaban J connectivity index is 1.71. The zero-order valence-electron chi connectivity index (χ0n) is 13.7. The van der Waals surface area contributed by atoms with Crippen molar-refractivity contribution in [3.8, 4) is 0 Å². The van der Waals surface area contributed by atoms with Crippen LogP contribution in [0.25, 0.3) is 0 Å². The second-order valence-electron chi connectivity index (χ2n) is 5.92. The number of hydrogen-bond acceptors (Lipinski definition) is 5. The normalized spacial score (nSPS) is 17.3. The van der Waals surface area contributed by atoms with Crippen LogP contribution in [0.5, 0.6) is 0 Å². The van der Waals surface area contributed by atoms with Gasteiger partial charge in [-0.2, -0.15) is 23.3 Å². The molecule has 1 unspecified atom stereocenters. The average molecular weight is 393 g/mol. The monoisotopic (exact) mass is 392 g/mol. The molecule has 3 aromatic rings. The molecule has 0 N–H and O–H groups in total. The van der Waals surface area contributed by atoms with Gasteiger partial charge in [-0.05, 0) is 29.8 Å². The minimum absolute atomic E-state index is 0.167. The van der Waals surface area contributed by atoms with E-state index in [9.17, 15) is 13.2 Å². The summed E-state index contributed by atoms with van der Waals surface area (Å²) in [5.74, 6) is -1.55. The zero-order valence-corrected chi connectivity index (χ0v) is 14.4. The molecule has 0 bridgehead atoms. The lowest BCUT2D eigenvalue weighted by Gasteiger charge is -2.24. The molecule has 0 fully saturated rings. The van der Waals surface area contributed by atoms with Crippen molar-refractivity contribution in [1.29, 1.82) is 0 Å². The van der Waals surface area contributed by atoms with Crippen LogP contribution in [0, 0.1) is 0 Å². The maximum Gasteiger partial charge on any atom is 0.471 e. The molecule has 5 nitrogen and oxygen atoms in total. The summed E-state index contributed by atoms with van der Waals surface area (Å²) in [6, 6.07) is 16.3. The minimum atomic E-state index is -4.70. The van der Waals surface area contributed by atoms with Crippen molar-refractivity contribution in [2.75, 3.05) is 5.01 Å². The van der Waals surface area contributed by atoms with Gasteiger partial charge in [0.2, 0.25) is 5.82 Å². The van der Waals surface area contributed by atoms with E-state index in [2.05, 4.69) is 19.8 Å². The maximum atomic E-state index is 12.8. The summed E-state index contributed by atoms with van der Waals surface area (Å²) in [6.45, 7) is 0. The van der Waals surface area contributed by atoms with Gasteiger partial charge in [0, 0.05) is 11.4 Å². The van der Waals surface area contributed by atoms with Crippen LogP contribution in [0.15, 0.2) is 64.2 Å². The second-order valence-corrected chi connectivity index (χ2v) is 6.36. The summed E-state index contributed by atoms with van der Waals surface area (Å²) in [6.07, 6.45) is -4.37. The van der Waals surface area contributed by atoms with E-state index >= 15 is 0 Å². The lowest BCUT2D eigenvalue weighted by molar-refractivity contribution is -0.159. The number of halogens is 4. The van der Waals surface area contributed by atoms with Crippen molar-refractivity contribution in [3.63, 3.8) is 0 Å². The third kappa shape index (κ3) is 3.52. The highest BCUT2D eigenvalue weighted by Gasteiger charge is 2.40. The summed E-state index contributed by atoms with van der Waals surface area (Å²) in [5.41, 5.74) is 2.03. The van der Waals surface area contributed by atoms with Crippen LogP contribution in [-0.4, -0.2) is 15.9 Å². The number of nitrogens with zero attached hydrogens (tertiary/aromatic N) is 4. The lowest BCUT2D eigenvalue weighted by Crippen LogP contribution is -2.18. The first-order chi connectivity index (χ1) is 12.9. The number of anilines is 1.